The van der Waals surface area contributed by atoms with Gasteiger partial charge in [-0.1, -0.05) is 0 Å². The van der Waals surface area contributed by atoms with Gasteiger partial charge < -0.3 is 14.2 Å². The molecule has 0 aliphatic heterocycles. The molecule has 3 nitrogen and oxygen atoms in total. The Labute approximate surface area is 86.6 Å². The van der Waals surface area contributed by atoms with Gasteiger partial charge in [0.05, 0.1) is 6.61 Å². The molecule has 0 unspecified atom stereocenters. The van der Waals surface area contributed by atoms with Crippen molar-refractivity contribution in [2.24, 2.45) is 0 Å². The van der Waals surface area contributed by atoms with Gasteiger partial charge in [0.2, 0.25) is 0 Å². The van der Waals surface area contributed by atoms with E-state index in [9.17, 15) is 8.78 Å². The molecule has 0 saturated heterocycles. The van der Waals surface area contributed by atoms with E-state index in [4.69, 9.17) is 9.47 Å². The third kappa shape index (κ3) is 4.22. The summed E-state index contributed by atoms with van der Waals surface area (Å²) in [5.74, 6) is -1.54. The molecule has 0 atom stereocenters. The van der Waals surface area contributed by atoms with E-state index in [1.54, 1.807) is 0 Å². The Morgan fingerprint density at radius 1 is 1.13 bits per heavy atom. The van der Waals surface area contributed by atoms with Gasteiger partial charge in [-0.2, -0.15) is 0 Å². The summed E-state index contributed by atoms with van der Waals surface area (Å²) in [6.07, 6.45) is 0. The summed E-state index contributed by atoms with van der Waals surface area (Å²) in [6.45, 7) is 0.766. The van der Waals surface area contributed by atoms with Crippen LogP contribution in [-0.4, -0.2) is 27.1 Å². The summed E-state index contributed by atoms with van der Waals surface area (Å²) in [6, 6.07) is 3.36. The van der Waals surface area contributed by atoms with Crippen LogP contribution in [0.2, 0.25) is 0 Å². The van der Waals surface area contributed by atoms with Gasteiger partial charge in [-0.05, 0) is 12.1 Å². The third-order valence-corrected chi connectivity index (χ3v) is 1.59. The van der Waals surface area contributed by atoms with E-state index >= 15 is 0 Å². The lowest BCUT2D eigenvalue weighted by Gasteiger charge is -2.06. The van der Waals surface area contributed by atoms with Crippen LogP contribution in [0.4, 0.5) is 8.78 Å². The third-order valence-electron chi connectivity index (χ3n) is 1.59. The maximum absolute atomic E-state index is 12.7. The summed E-state index contributed by atoms with van der Waals surface area (Å²) < 4.78 is 39.9. The molecule has 0 bridgehead atoms. The average Bonchev–Trinajstić information content (AvgIpc) is 2.23. The van der Waals surface area contributed by atoms with Crippen LogP contribution in [0, 0.1) is 11.6 Å². The molecule has 0 heterocycles. The van der Waals surface area contributed by atoms with Crippen molar-refractivity contribution in [3.63, 3.8) is 0 Å². The highest BCUT2D eigenvalue weighted by molar-refractivity contribution is 5.23. The van der Waals surface area contributed by atoms with Gasteiger partial charge in [0, 0.05) is 13.2 Å². The topological polar surface area (TPSA) is 27.7 Å². The van der Waals surface area contributed by atoms with Gasteiger partial charge in [-0.3, -0.25) is 0 Å². The Bertz CT molecular complexity index is 305. The van der Waals surface area contributed by atoms with Crippen LogP contribution in [0.1, 0.15) is 0 Å². The number of halogens is 2. The number of rotatable bonds is 6. The van der Waals surface area contributed by atoms with Crippen LogP contribution in [0.15, 0.2) is 18.2 Å². The molecule has 0 aliphatic rings. The maximum atomic E-state index is 12.7. The monoisotopic (exact) mass is 218 g/mol. The van der Waals surface area contributed by atoms with Crippen molar-refractivity contribution in [1.29, 1.82) is 0 Å². The number of hydrogen-bond donors (Lipinski definition) is 0. The molecule has 0 saturated carbocycles. The predicted octanol–water partition coefficient (Wildman–Crippen LogP) is 1.96. The van der Waals surface area contributed by atoms with Crippen molar-refractivity contribution in [3.05, 3.63) is 29.8 Å². The van der Waals surface area contributed by atoms with Crippen molar-refractivity contribution >= 4 is 0 Å². The van der Waals surface area contributed by atoms with Gasteiger partial charge in [-0.15, -0.1) is 0 Å². The number of ether oxygens (including phenoxy) is 3. The van der Waals surface area contributed by atoms with Gasteiger partial charge >= 0.3 is 0 Å². The highest BCUT2D eigenvalue weighted by atomic mass is 19.2. The minimum atomic E-state index is -0.926. The molecule has 0 spiro atoms. The largest absolute Gasteiger partial charge is 0.491 e. The fourth-order valence-electron chi connectivity index (χ4n) is 0.927. The molecule has 84 valence electrons. The Hall–Kier alpha value is -1.20. The van der Waals surface area contributed by atoms with Gasteiger partial charge in [0.25, 0.3) is 0 Å². The van der Waals surface area contributed by atoms with E-state index in [1.807, 2.05) is 0 Å². The van der Waals surface area contributed by atoms with E-state index in [0.29, 0.717) is 6.61 Å². The fraction of sp³-hybridized carbons (Fsp3) is 0.400. The minimum absolute atomic E-state index is 0.182. The first-order valence-electron chi connectivity index (χ1n) is 4.38. The van der Waals surface area contributed by atoms with Crippen LogP contribution < -0.4 is 4.74 Å². The zero-order valence-electron chi connectivity index (χ0n) is 8.33. The molecular weight excluding hydrogens is 206 g/mol. The Morgan fingerprint density at radius 2 is 1.93 bits per heavy atom. The molecular formula is C10H12F2O3. The summed E-state index contributed by atoms with van der Waals surface area (Å²) in [5, 5.41) is 0. The van der Waals surface area contributed by atoms with E-state index in [-0.39, 0.29) is 19.1 Å². The Morgan fingerprint density at radius 3 is 2.60 bits per heavy atom. The second-order valence-corrected chi connectivity index (χ2v) is 2.74. The molecule has 0 fully saturated rings. The van der Waals surface area contributed by atoms with E-state index in [0.717, 1.165) is 12.1 Å². The number of benzene rings is 1. The fourth-order valence-corrected chi connectivity index (χ4v) is 0.927. The maximum Gasteiger partial charge on any atom is 0.162 e. The summed E-state index contributed by atoms with van der Waals surface area (Å²) in [7, 11) is 1.51. The number of methoxy groups -OCH3 is 1. The smallest absolute Gasteiger partial charge is 0.162 e. The average molecular weight is 218 g/mol. The van der Waals surface area contributed by atoms with Gasteiger partial charge in [0.1, 0.15) is 19.1 Å². The molecule has 15 heavy (non-hydrogen) atoms. The van der Waals surface area contributed by atoms with E-state index in [1.165, 1.54) is 13.2 Å². The second-order valence-electron chi connectivity index (χ2n) is 2.74. The second kappa shape index (κ2) is 6.31. The van der Waals surface area contributed by atoms with Gasteiger partial charge in [0.15, 0.2) is 11.6 Å². The predicted molar refractivity (Wildman–Crippen MR) is 49.7 cm³/mol. The molecule has 0 radical (unpaired) electrons. The first kappa shape index (κ1) is 11.9. The number of hydrogen-bond acceptors (Lipinski definition) is 3. The normalized spacial score (nSPS) is 10.3. The van der Waals surface area contributed by atoms with E-state index < -0.39 is 11.6 Å². The minimum Gasteiger partial charge on any atom is -0.491 e. The van der Waals surface area contributed by atoms with Crippen molar-refractivity contribution in [3.8, 4) is 5.75 Å². The molecule has 0 amide bonds. The first-order chi connectivity index (χ1) is 7.24. The molecule has 0 aromatic heterocycles. The zero-order chi connectivity index (χ0) is 11.1. The van der Waals surface area contributed by atoms with Crippen LogP contribution in [0.3, 0.4) is 0 Å². The molecule has 0 aliphatic carbocycles. The highest BCUT2D eigenvalue weighted by Crippen LogP contribution is 2.14. The van der Waals surface area contributed by atoms with Gasteiger partial charge in [-0.25, -0.2) is 8.78 Å². The van der Waals surface area contributed by atoms with Crippen LogP contribution in [0.25, 0.3) is 0 Å². The first-order valence-corrected chi connectivity index (χ1v) is 4.38. The Kier molecular flexibility index (Phi) is 5.00. The molecule has 5 heteroatoms. The summed E-state index contributed by atoms with van der Waals surface area (Å²) in [4.78, 5) is 0. The Balaban J connectivity index is 2.28. The highest BCUT2D eigenvalue weighted by Gasteiger charge is 2.02. The quantitative estimate of drug-likeness (QED) is 0.539. The SMILES string of the molecule is COCOCCOc1ccc(F)c(F)c1. The lowest BCUT2D eigenvalue weighted by atomic mass is 10.3. The van der Waals surface area contributed by atoms with Crippen molar-refractivity contribution in [2.45, 2.75) is 0 Å². The van der Waals surface area contributed by atoms with Crippen molar-refractivity contribution < 1.29 is 23.0 Å². The van der Waals surface area contributed by atoms with Crippen LogP contribution >= 0.6 is 0 Å². The van der Waals surface area contributed by atoms with Crippen LogP contribution in [-0.2, 0) is 9.47 Å². The van der Waals surface area contributed by atoms with E-state index in [2.05, 4.69) is 4.74 Å². The summed E-state index contributed by atoms with van der Waals surface area (Å²) in [5.41, 5.74) is 0. The lowest BCUT2D eigenvalue weighted by molar-refractivity contribution is -0.0387. The van der Waals surface area contributed by atoms with Crippen molar-refractivity contribution in [2.75, 3.05) is 27.1 Å². The lowest BCUT2D eigenvalue weighted by Crippen LogP contribution is -2.08. The molecule has 1 rings (SSSR count). The van der Waals surface area contributed by atoms with Crippen molar-refractivity contribution in [1.82, 2.24) is 0 Å². The summed E-state index contributed by atoms with van der Waals surface area (Å²) >= 11 is 0. The molecule has 0 N–H and O–H groups in total. The van der Waals surface area contributed by atoms with Crippen LogP contribution in [0.5, 0.6) is 5.75 Å². The molecule has 1 aromatic rings. The standard InChI is InChI=1S/C10H12F2O3/c1-13-7-14-4-5-15-8-2-3-9(11)10(12)6-8/h2-3,6H,4-5,7H2,1H3. The zero-order valence-corrected chi connectivity index (χ0v) is 8.33. The molecule has 1 aromatic carbocycles.